The first-order chi connectivity index (χ1) is 26.8. The zero-order valence-electron chi connectivity index (χ0n) is 29.7. The van der Waals surface area contributed by atoms with Gasteiger partial charge in [0.1, 0.15) is 0 Å². The van der Waals surface area contributed by atoms with Crippen LogP contribution in [0.15, 0.2) is 218 Å². The van der Waals surface area contributed by atoms with Gasteiger partial charge in [0.15, 0.2) is 0 Å². The van der Waals surface area contributed by atoms with Crippen LogP contribution in [0, 0.1) is 0 Å². The van der Waals surface area contributed by atoms with E-state index >= 15 is 0 Å². The predicted octanol–water partition coefficient (Wildman–Crippen LogP) is 14.4. The standard InChI is InChI=1S/C52H36N2/c1-4-12-37(13-5-1)39-20-28-45(29-21-39)53(46-30-22-40(23-31-46)38-14-6-2-7-15-38)47-32-24-41(25-33-47)44-26-34-48-51(36-44)54-49-19-11-10-16-42(49)27-35-50(54)52(48)43-17-8-3-9-18-43/h1-36H. The van der Waals surface area contributed by atoms with Crippen LogP contribution >= 0.6 is 0 Å². The molecule has 0 atom stereocenters. The lowest BCUT2D eigenvalue weighted by molar-refractivity contribution is 1.28. The minimum atomic E-state index is 1.10. The summed E-state index contributed by atoms with van der Waals surface area (Å²) < 4.78 is 2.44. The number of hydrogen-bond donors (Lipinski definition) is 0. The molecule has 10 aromatic rings. The maximum absolute atomic E-state index is 2.44. The normalized spacial score (nSPS) is 11.3. The number of rotatable bonds is 7. The molecule has 0 spiro atoms. The SMILES string of the molecule is c1ccc(-c2ccc(N(c3ccc(-c4ccccc4)cc3)c3ccc(-c4ccc5c(-c6ccccc6)c6ccc7ccccc7n6c5c4)cc3)cc2)cc1. The minimum Gasteiger partial charge on any atom is -0.311 e. The fraction of sp³-hybridized carbons (Fsp3) is 0. The summed E-state index contributed by atoms with van der Waals surface area (Å²) in [6.45, 7) is 0. The number of hydrogen-bond acceptors (Lipinski definition) is 1. The van der Waals surface area contributed by atoms with Gasteiger partial charge in [0.05, 0.1) is 16.6 Å². The molecule has 0 N–H and O–H groups in total. The number of para-hydroxylation sites is 1. The second kappa shape index (κ2) is 13.4. The molecule has 0 amide bonds. The zero-order valence-corrected chi connectivity index (χ0v) is 29.7. The van der Waals surface area contributed by atoms with Crippen molar-refractivity contribution in [1.29, 1.82) is 0 Å². The Kier molecular flexibility index (Phi) is 7.85. The Bertz CT molecular complexity index is 2790. The molecule has 254 valence electrons. The van der Waals surface area contributed by atoms with Crippen molar-refractivity contribution in [2.75, 3.05) is 4.90 Å². The van der Waals surface area contributed by atoms with Crippen molar-refractivity contribution in [3.05, 3.63) is 218 Å². The largest absolute Gasteiger partial charge is 0.311 e. The average Bonchev–Trinajstić information content (AvgIpc) is 3.60. The number of fused-ring (bicyclic) bond motifs is 5. The highest BCUT2D eigenvalue weighted by atomic mass is 15.1. The second-order valence-corrected chi connectivity index (χ2v) is 13.8. The van der Waals surface area contributed by atoms with Gasteiger partial charge in [-0.1, -0.05) is 164 Å². The topological polar surface area (TPSA) is 7.65 Å². The smallest absolute Gasteiger partial charge is 0.0547 e. The number of nitrogens with zero attached hydrogens (tertiary/aromatic N) is 2. The summed E-state index contributed by atoms with van der Waals surface area (Å²) in [5.41, 5.74) is 16.6. The first kappa shape index (κ1) is 31.6. The van der Waals surface area contributed by atoms with E-state index in [4.69, 9.17) is 0 Å². The summed E-state index contributed by atoms with van der Waals surface area (Å²) in [5.74, 6) is 0. The third-order valence-electron chi connectivity index (χ3n) is 10.6. The molecule has 0 aliphatic carbocycles. The fourth-order valence-electron chi connectivity index (χ4n) is 7.93. The molecule has 8 aromatic carbocycles. The van der Waals surface area contributed by atoms with Gasteiger partial charge in [-0.15, -0.1) is 0 Å². The molecule has 0 aliphatic heterocycles. The monoisotopic (exact) mass is 688 g/mol. The lowest BCUT2D eigenvalue weighted by Gasteiger charge is -2.26. The van der Waals surface area contributed by atoms with E-state index in [1.165, 1.54) is 71.8 Å². The lowest BCUT2D eigenvalue weighted by Crippen LogP contribution is -2.09. The van der Waals surface area contributed by atoms with Gasteiger partial charge in [0, 0.05) is 28.0 Å². The summed E-state index contributed by atoms with van der Waals surface area (Å²) in [6, 6.07) is 78.8. The van der Waals surface area contributed by atoms with Crippen LogP contribution in [0.4, 0.5) is 17.1 Å². The lowest BCUT2D eigenvalue weighted by atomic mass is 9.99. The van der Waals surface area contributed by atoms with Crippen LogP contribution in [-0.4, -0.2) is 4.40 Å². The van der Waals surface area contributed by atoms with Crippen molar-refractivity contribution in [2.45, 2.75) is 0 Å². The van der Waals surface area contributed by atoms with Crippen molar-refractivity contribution in [3.8, 4) is 44.5 Å². The predicted molar refractivity (Wildman–Crippen MR) is 229 cm³/mol. The molecule has 0 radical (unpaired) electrons. The van der Waals surface area contributed by atoms with E-state index in [2.05, 4.69) is 228 Å². The molecule has 0 saturated carbocycles. The molecule has 2 heteroatoms. The fourth-order valence-corrected chi connectivity index (χ4v) is 7.93. The van der Waals surface area contributed by atoms with Crippen LogP contribution in [0.2, 0.25) is 0 Å². The van der Waals surface area contributed by atoms with Crippen molar-refractivity contribution in [3.63, 3.8) is 0 Å². The Morgan fingerprint density at radius 2 is 0.704 bits per heavy atom. The third kappa shape index (κ3) is 5.62. The number of benzene rings is 8. The Hall–Kier alpha value is -7.16. The Morgan fingerprint density at radius 3 is 1.24 bits per heavy atom. The summed E-state index contributed by atoms with van der Waals surface area (Å²) in [7, 11) is 0. The van der Waals surface area contributed by atoms with E-state index in [1.807, 2.05) is 0 Å². The molecular formula is C52H36N2. The summed E-state index contributed by atoms with van der Waals surface area (Å²) >= 11 is 0. The quantitative estimate of drug-likeness (QED) is 0.162. The summed E-state index contributed by atoms with van der Waals surface area (Å²) in [5, 5.41) is 2.48. The molecule has 0 unspecified atom stereocenters. The van der Waals surface area contributed by atoms with Crippen LogP contribution in [0.5, 0.6) is 0 Å². The number of anilines is 3. The summed E-state index contributed by atoms with van der Waals surface area (Å²) in [6.07, 6.45) is 0. The average molecular weight is 689 g/mol. The molecule has 2 aromatic heterocycles. The van der Waals surface area contributed by atoms with Gasteiger partial charge in [-0.2, -0.15) is 0 Å². The molecule has 2 heterocycles. The van der Waals surface area contributed by atoms with Gasteiger partial charge in [-0.25, -0.2) is 0 Å². The van der Waals surface area contributed by atoms with E-state index in [9.17, 15) is 0 Å². The molecule has 2 nitrogen and oxygen atoms in total. The molecule has 10 rings (SSSR count). The maximum Gasteiger partial charge on any atom is 0.0547 e. The molecule has 0 saturated heterocycles. The van der Waals surface area contributed by atoms with E-state index < -0.39 is 0 Å². The van der Waals surface area contributed by atoms with E-state index in [-0.39, 0.29) is 0 Å². The van der Waals surface area contributed by atoms with Crippen LogP contribution in [0.3, 0.4) is 0 Å². The maximum atomic E-state index is 2.44. The van der Waals surface area contributed by atoms with E-state index in [0.717, 1.165) is 17.1 Å². The van der Waals surface area contributed by atoms with E-state index in [1.54, 1.807) is 0 Å². The van der Waals surface area contributed by atoms with Gasteiger partial charge in [0.25, 0.3) is 0 Å². The second-order valence-electron chi connectivity index (χ2n) is 13.8. The van der Waals surface area contributed by atoms with Crippen LogP contribution in [0.1, 0.15) is 0 Å². The highest BCUT2D eigenvalue weighted by Gasteiger charge is 2.18. The molecule has 0 aliphatic rings. The Labute approximate surface area is 315 Å². The number of pyridine rings is 1. The first-order valence-electron chi connectivity index (χ1n) is 18.5. The van der Waals surface area contributed by atoms with Gasteiger partial charge in [-0.05, 0) is 98.9 Å². The first-order valence-corrected chi connectivity index (χ1v) is 18.5. The molecule has 54 heavy (non-hydrogen) atoms. The van der Waals surface area contributed by atoms with Crippen LogP contribution in [0.25, 0.3) is 71.8 Å². The van der Waals surface area contributed by atoms with Crippen molar-refractivity contribution in [1.82, 2.24) is 4.40 Å². The third-order valence-corrected chi connectivity index (χ3v) is 10.6. The number of aromatic nitrogens is 1. The molecule has 0 fully saturated rings. The molecular weight excluding hydrogens is 653 g/mol. The highest BCUT2D eigenvalue weighted by Crippen LogP contribution is 2.41. The Morgan fingerprint density at radius 1 is 0.278 bits per heavy atom. The Balaban J connectivity index is 1.07. The highest BCUT2D eigenvalue weighted by molar-refractivity contribution is 6.09. The van der Waals surface area contributed by atoms with Crippen molar-refractivity contribution in [2.24, 2.45) is 0 Å². The minimum absolute atomic E-state index is 1.10. The van der Waals surface area contributed by atoms with E-state index in [0.29, 0.717) is 0 Å². The van der Waals surface area contributed by atoms with Gasteiger partial charge in [0.2, 0.25) is 0 Å². The molecule has 0 bridgehead atoms. The van der Waals surface area contributed by atoms with Gasteiger partial charge < -0.3 is 9.30 Å². The van der Waals surface area contributed by atoms with Gasteiger partial charge in [-0.3, -0.25) is 0 Å². The van der Waals surface area contributed by atoms with Crippen LogP contribution in [-0.2, 0) is 0 Å². The van der Waals surface area contributed by atoms with Crippen molar-refractivity contribution < 1.29 is 0 Å². The zero-order chi connectivity index (χ0) is 35.8. The van der Waals surface area contributed by atoms with Crippen molar-refractivity contribution >= 4 is 44.4 Å². The van der Waals surface area contributed by atoms with Crippen LogP contribution < -0.4 is 4.90 Å². The summed E-state index contributed by atoms with van der Waals surface area (Å²) in [4.78, 5) is 2.34. The van der Waals surface area contributed by atoms with Gasteiger partial charge >= 0.3 is 0 Å².